The number of methoxy groups -OCH3 is 1. The zero-order valence-electron chi connectivity index (χ0n) is 14.0. The van der Waals surface area contributed by atoms with E-state index in [1.165, 1.54) is 7.11 Å². The Morgan fingerprint density at radius 2 is 1.58 bits per heavy atom. The monoisotopic (exact) mass is 327 g/mol. The normalized spacial score (nSPS) is 12.8. The summed E-state index contributed by atoms with van der Waals surface area (Å²) in [6, 6.07) is 16.1. The fourth-order valence-corrected chi connectivity index (χ4v) is 2.20. The van der Waals surface area contributed by atoms with Crippen molar-refractivity contribution in [2.24, 2.45) is 0 Å². The largest absolute Gasteiger partial charge is 0.481 e. The summed E-state index contributed by atoms with van der Waals surface area (Å²) in [4.78, 5) is 23.6. The first-order chi connectivity index (χ1) is 11.5. The van der Waals surface area contributed by atoms with Crippen molar-refractivity contribution in [3.05, 3.63) is 65.7 Å². The van der Waals surface area contributed by atoms with E-state index in [1.54, 1.807) is 31.2 Å². The van der Waals surface area contributed by atoms with Gasteiger partial charge in [0.25, 0.3) is 5.91 Å². The van der Waals surface area contributed by atoms with Gasteiger partial charge in [-0.1, -0.05) is 30.3 Å². The van der Waals surface area contributed by atoms with Gasteiger partial charge in [-0.15, -0.1) is 0 Å². The van der Waals surface area contributed by atoms with E-state index in [9.17, 15) is 9.59 Å². The van der Waals surface area contributed by atoms with E-state index in [4.69, 9.17) is 4.74 Å². The van der Waals surface area contributed by atoms with Gasteiger partial charge >= 0.3 is 5.97 Å². The molecule has 0 saturated carbocycles. The predicted octanol–water partition coefficient (Wildman–Crippen LogP) is 3.12. The number of benzene rings is 2. The molecule has 0 radical (unpaired) electrons. The Labute approximate surface area is 141 Å². The number of esters is 1. The molecule has 0 spiro atoms. The first-order valence-corrected chi connectivity index (χ1v) is 7.71. The molecule has 0 bridgehead atoms. The zero-order valence-corrected chi connectivity index (χ0v) is 14.0. The third-order valence-electron chi connectivity index (χ3n) is 3.62. The quantitative estimate of drug-likeness (QED) is 0.828. The van der Waals surface area contributed by atoms with Gasteiger partial charge in [0.1, 0.15) is 5.75 Å². The third kappa shape index (κ3) is 4.59. The van der Waals surface area contributed by atoms with Crippen LogP contribution in [0.15, 0.2) is 54.6 Å². The summed E-state index contributed by atoms with van der Waals surface area (Å²) in [5.41, 5.74) is 1.46. The topological polar surface area (TPSA) is 64.6 Å². The maximum atomic E-state index is 12.2. The fourth-order valence-electron chi connectivity index (χ4n) is 2.20. The summed E-state index contributed by atoms with van der Waals surface area (Å²) in [7, 11) is 1.33. The molecule has 2 aromatic carbocycles. The van der Waals surface area contributed by atoms with Gasteiger partial charge in [0.2, 0.25) is 0 Å². The van der Waals surface area contributed by atoms with Crippen LogP contribution < -0.4 is 10.1 Å². The molecule has 24 heavy (non-hydrogen) atoms. The first kappa shape index (κ1) is 17.5. The molecule has 0 heterocycles. The lowest BCUT2D eigenvalue weighted by molar-refractivity contribution is -0.127. The van der Waals surface area contributed by atoms with Crippen LogP contribution >= 0.6 is 0 Å². The van der Waals surface area contributed by atoms with Gasteiger partial charge in [-0.05, 0) is 43.7 Å². The van der Waals surface area contributed by atoms with Crippen LogP contribution in [0.2, 0.25) is 0 Å². The number of rotatable bonds is 6. The molecule has 2 rings (SSSR count). The minimum absolute atomic E-state index is 0.105. The van der Waals surface area contributed by atoms with Gasteiger partial charge in [-0.2, -0.15) is 0 Å². The van der Waals surface area contributed by atoms with E-state index in [0.29, 0.717) is 11.3 Å². The molecule has 1 N–H and O–H groups in total. The average molecular weight is 327 g/mol. The number of nitrogens with one attached hydrogen (secondary N) is 1. The minimum atomic E-state index is -0.653. The highest BCUT2D eigenvalue weighted by Crippen LogP contribution is 2.16. The lowest BCUT2D eigenvalue weighted by Gasteiger charge is -2.19. The van der Waals surface area contributed by atoms with Gasteiger partial charge in [-0.25, -0.2) is 4.79 Å². The van der Waals surface area contributed by atoms with Crippen LogP contribution in [-0.2, 0) is 9.53 Å². The summed E-state index contributed by atoms with van der Waals surface area (Å²) in [5.74, 6) is -0.106. The predicted molar refractivity (Wildman–Crippen MR) is 90.9 cm³/mol. The maximum Gasteiger partial charge on any atom is 0.337 e. The highest BCUT2D eigenvalue weighted by Gasteiger charge is 2.17. The van der Waals surface area contributed by atoms with Crippen LogP contribution in [0.3, 0.4) is 0 Å². The van der Waals surface area contributed by atoms with Crippen LogP contribution in [0.25, 0.3) is 0 Å². The van der Waals surface area contributed by atoms with E-state index in [1.807, 2.05) is 37.3 Å². The Balaban J connectivity index is 1.92. The highest BCUT2D eigenvalue weighted by atomic mass is 16.5. The van der Waals surface area contributed by atoms with Crippen LogP contribution in [0.1, 0.15) is 35.8 Å². The fraction of sp³-hybridized carbons (Fsp3) is 0.263. The summed E-state index contributed by atoms with van der Waals surface area (Å²) < 4.78 is 10.3. The van der Waals surface area contributed by atoms with Crippen LogP contribution in [0.4, 0.5) is 0 Å². The number of carbonyl (C=O) groups is 2. The van der Waals surface area contributed by atoms with Crippen molar-refractivity contribution in [1.82, 2.24) is 5.32 Å². The Morgan fingerprint density at radius 1 is 0.958 bits per heavy atom. The standard InChI is InChI=1S/C19H21NO4/c1-13(15-7-5-4-6-8-15)20-18(21)14(2)24-17-11-9-16(10-12-17)19(22)23-3/h4-14H,1-3H3,(H,20,21). The second-order valence-corrected chi connectivity index (χ2v) is 5.42. The van der Waals surface area contributed by atoms with E-state index < -0.39 is 12.1 Å². The van der Waals surface area contributed by atoms with Crippen molar-refractivity contribution in [1.29, 1.82) is 0 Å². The molecular weight excluding hydrogens is 306 g/mol. The molecule has 0 aliphatic heterocycles. The maximum absolute atomic E-state index is 12.2. The van der Waals surface area contributed by atoms with Crippen molar-refractivity contribution < 1.29 is 19.1 Å². The zero-order chi connectivity index (χ0) is 17.5. The molecule has 2 unspecified atom stereocenters. The molecule has 2 aromatic rings. The summed E-state index contributed by atoms with van der Waals surface area (Å²) >= 11 is 0. The highest BCUT2D eigenvalue weighted by molar-refractivity contribution is 5.89. The number of hydrogen-bond donors (Lipinski definition) is 1. The number of ether oxygens (including phenoxy) is 2. The van der Waals surface area contributed by atoms with Crippen LogP contribution in [-0.4, -0.2) is 25.1 Å². The molecule has 5 heteroatoms. The number of carbonyl (C=O) groups excluding carboxylic acids is 2. The molecule has 0 aromatic heterocycles. The second kappa shape index (κ2) is 8.15. The second-order valence-electron chi connectivity index (χ2n) is 5.42. The van der Waals surface area contributed by atoms with Gasteiger partial charge in [0, 0.05) is 0 Å². The van der Waals surface area contributed by atoms with Crippen molar-refractivity contribution in [2.45, 2.75) is 26.0 Å². The Bertz CT molecular complexity index is 682. The smallest absolute Gasteiger partial charge is 0.337 e. The minimum Gasteiger partial charge on any atom is -0.481 e. The van der Waals surface area contributed by atoms with Crippen molar-refractivity contribution in [3.8, 4) is 5.75 Å². The van der Waals surface area contributed by atoms with Gasteiger partial charge in [0.05, 0.1) is 18.7 Å². The summed E-state index contributed by atoms with van der Waals surface area (Å²) in [6.45, 7) is 3.60. The van der Waals surface area contributed by atoms with E-state index in [0.717, 1.165) is 5.56 Å². The summed E-state index contributed by atoms with van der Waals surface area (Å²) in [6.07, 6.45) is -0.653. The molecule has 2 atom stereocenters. The Kier molecular flexibility index (Phi) is 5.95. The number of amides is 1. The van der Waals surface area contributed by atoms with Crippen molar-refractivity contribution in [3.63, 3.8) is 0 Å². The molecular formula is C19H21NO4. The van der Waals surface area contributed by atoms with Crippen molar-refractivity contribution >= 4 is 11.9 Å². The van der Waals surface area contributed by atoms with Gasteiger partial charge in [0.15, 0.2) is 6.10 Å². The SMILES string of the molecule is COC(=O)c1ccc(OC(C)C(=O)NC(C)c2ccccc2)cc1. The van der Waals surface area contributed by atoms with E-state index in [2.05, 4.69) is 10.1 Å². The summed E-state index contributed by atoms with van der Waals surface area (Å²) in [5, 5.41) is 2.92. The Hall–Kier alpha value is -2.82. The van der Waals surface area contributed by atoms with E-state index >= 15 is 0 Å². The molecule has 0 fully saturated rings. The lowest BCUT2D eigenvalue weighted by Crippen LogP contribution is -2.37. The Morgan fingerprint density at radius 3 is 2.17 bits per heavy atom. The third-order valence-corrected chi connectivity index (χ3v) is 3.62. The van der Waals surface area contributed by atoms with Crippen LogP contribution in [0, 0.1) is 0 Å². The number of hydrogen-bond acceptors (Lipinski definition) is 4. The molecule has 5 nitrogen and oxygen atoms in total. The average Bonchev–Trinajstić information content (AvgIpc) is 2.62. The molecule has 126 valence electrons. The molecule has 1 amide bonds. The lowest BCUT2D eigenvalue weighted by atomic mass is 10.1. The molecule has 0 aliphatic carbocycles. The van der Waals surface area contributed by atoms with Gasteiger partial charge in [-0.3, -0.25) is 4.79 Å². The van der Waals surface area contributed by atoms with Gasteiger partial charge < -0.3 is 14.8 Å². The molecule has 0 aliphatic rings. The first-order valence-electron chi connectivity index (χ1n) is 7.71. The van der Waals surface area contributed by atoms with Crippen LogP contribution in [0.5, 0.6) is 5.75 Å². The van der Waals surface area contributed by atoms with Crippen molar-refractivity contribution in [2.75, 3.05) is 7.11 Å². The van der Waals surface area contributed by atoms with E-state index in [-0.39, 0.29) is 11.9 Å². The molecule has 0 saturated heterocycles.